The Bertz CT molecular complexity index is 1410. The molecule has 3 aliphatic rings. The van der Waals surface area contributed by atoms with Gasteiger partial charge in [-0.2, -0.15) is 0 Å². The van der Waals surface area contributed by atoms with Crippen LogP contribution in [0, 0.1) is 18.8 Å². The fourth-order valence-electron chi connectivity index (χ4n) is 5.64. The number of amides is 1. The van der Waals surface area contributed by atoms with Crippen LogP contribution in [0.15, 0.2) is 42.6 Å². The quantitative estimate of drug-likeness (QED) is 0.479. The van der Waals surface area contributed by atoms with Gasteiger partial charge in [0.1, 0.15) is 10.8 Å². The molecule has 192 valence electrons. The average Bonchev–Trinajstić information content (AvgIpc) is 3.53. The zero-order valence-corrected chi connectivity index (χ0v) is 22.6. The van der Waals surface area contributed by atoms with Crippen molar-refractivity contribution >= 4 is 28.8 Å². The number of methoxy groups -OCH3 is 1. The number of aromatic nitrogens is 4. The average molecular weight is 537 g/mol. The van der Waals surface area contributed by atoms with Gasteiger partial charge in [-0.1, -0.05) is 30.4 Å². The van der Waals surface area contributed by atoms with Crippen molar-refractivity contribution in [3.63, 3.8) is 0 Å². The Morgan fingerprint density at radius 2 is 2.19 bits per heavy atom. The van der Waals surface area contributed by atoms with Crippen molar-refractivity contribution in [1.82, 2.24) is 30.4 Å². The molecule has 0 bridgehead atoms. The van der Waals surface area contributed by atoms with Gasteiger partial charge in [0.2, 0.25) is 11.8 Å². The summed E-state index contributed by atoms with van der Waals surface area (Å²) in [6, 6.07) is 3.71. The Labute approximate surface area is 224 Å². The first-order chi connectivity index (χ1) is 17.9. The van der Waals surface area contributed by atoms with Crippen LogP contribution >= 0.6 is 22.9 Å². The van der Waals surface area contributed by atoms with Crippen molar-refractivity contribution in [1.29, 1.82) is 0 Å². The van der Waals surface area contributed by atoms with Gasteiger partial charge in [0.25, 0.3) is 0 Å². The van der Waals surface area contributed by atoms with Crippen molar-refractivity contribution in [2.45, 2.75) is 50.7 Å². The number of fused-ring (bicyclic) bond motifs is 5. The summed E-state index contributed by atoms with van der Waals surface area (Å²) in [7, 11) is 1.59. The van der Waals surface area contributed by atoms with Gasteiger partial charge in [-0.05, 0) is 37.8 Å². The van der Waals surface area contributed by atoms with Crippen LogP contribution in [-0.4, -0.2) is 37.6 Å². The van der Waals surface area contributed by atoms with Crippen molar-refractivity contribution in [2.75, 3.05) is 7.11 Å². The summed E-state index contributed by atoms with van der Waals surface area (Å²) in [5.41, 5.74) is 3.43. The first-order valence-electron chi connectivity index (χ1n) is 12.5. The van der Waals surface area contributed by atoms with Crippen molar-refractivity contribution in [2.24, 2.45) is 11.8 Å². The van der Waals surface area contributed by atoms with E-state index in [2.05, 4.69) is 55.5 Å². The summed E-state index contributed by atoms with van der Waals surface area (Å²) in [5, 5.41) is 16.8. The topological polar surface area (TPSA) is 94.0 Å². The molecule has 0 saturated carbocycles. The zero-order chi connectivity index (χ0) is 25.7. The maximum atomic E-state index is 13.2. The lowest BCUT2D eigenvalue weighted by Crippen LogP contribution is -2.38. The van der Waals surface area contributed by atoms with Crippen LogP contribution < -0.4 is 15.4 Å². The lowest BCUT2D eigenvalue weighted by atomic mass is 9.79. The van der Waals surface area contributed by atoms with E-state index in [1.54, 1.807) is 30.7 Å². The van der Waals surface area contributed by atoms with Crippen LogP contribution in [0.25, 0.3) is 5.00 Å². The van der Waals surface area contributed by atoms with E-state index in [4.69, 9.17) is 16.3 Å². The number of alkyl halides is 1. The Hall–Kier alpha value is -3.01. The van der Waals surface area contributed by atoms with Gasteiger partial charge < -0.3 is 15.4 Å². The second-order valence-corrected chi connectivity index (χ2v) is 11.9. The van der Waals surface area contributed by atoms with Gasteiger partial charge >= 0.3 is 0 Å². The molecule has 4 heterocycles. The molecule has 1 aliphatic heterocycles. The minimum Gasteiger partial charge on any atom is -0.481 e. The highest BCUT2D eigenvalue weighted by atomic mass is 35.5. The molecule has 3 aromatic rings. The molecular weight excluding hydrogens is 508 g/mol. The second-order valence-electron chi connectivity index (χ2n) is 10.0. The third-order valence-corrected chi connectivity index (χ3v) is 9.22. The number of carbonyl (C=O) groups is 1. The number of nitrogens with zero attached hydrogens (tertiary/aromatic N) is 4. The van der Waals surface area contributed by atoms with Gasteiger partial charge in [0.05, 0.1) is 18.5 Å². The molecule has 0 saturated heterocycles. The van der Waals surface area contributed by atoms with Crippen molar-refractivity contribution in [3.8, 4) is 10.9 Å². The molecule has 0 spiro atoms. The molecule has 6 rings (SSSR count). The van der Waals surface area contributed by atoms with Gasteiger partial charge in [-0.15, -0.1) is 33.1 Å². The van der Waals surface area contributed by atoms with E-state index in [1.165, 1.54) is 16.0 Å². The molecule has 1 amide bonds. The van der Waals surface area contributed by atoms with Gasteiger partial charge in [0.15, 0.2) is 5.82 Å². The fraction of sp³-hybridized carbons (Fsp3) is 0.407. The molecule has 2 aliphatic carbocycles. The zero-order valence-electron chi connectivity index (χ0n) is 21.0. The number of allylic oxidation sites excluding steroid dienone is 3. The van der Waals surface area contributed by atoms with Crippen LogP contribution in [0.4, 0.5) is 0 Å². The monoisotopic (exact) mass is 536 g/mol. The van der Waals surface area contributed by atoms with E-state index in [1.807, 2.05) is 19.1 Å². The highest BCUT2D eigenvalue weighted by molar-refractivity contribution is 7.15. The predicted octanol–water partition coefficient (Wildman–Crippen LogP) is 3.96. The SMILES string of the molecule is COc1ccc(CNC(=O)[C@@H]2Cc3sc4c(c3C2)[C@H](C2C=CC=CC2(C)Cl)NCc2nnc(C)n2-4)cn1. The smallest absolute Gasteiger partial charge is 0.224 e. The van der Waals surface area contributed by atoms with Gasteiger partial charge in [-0.25, -0.2) is 4.98 Å². The molecule has 10 heteroatoms. The summed E-state index contributed by atoms with van der Waals surface area (Å²) < 4.78 is 7.29. The van der Waals surface area contributed by atoms with E-state index in [-0.39, 0.29) is 23.8 Å². The highest BCUT2D eigenvalue weighted by Crippen LogP contribution is 2.49. The highest BCUT2D eigenvalue weighted by Gasteiger charge is 2.43. The molecule has 0 aromatic carbocycles. The van der Waals surface area contributed by atoms with Crippen LogP contribution in [0.1, 0.15) is 46.2 Å². The maximum absolute atomic E-state index is 13.2. The molecule has 4 atom stereocenters. The molecule has 8 nitrogen and oxygen atoms in total. The van der Waals surface area contributed by atoms with Crippen molar-refractivity contribution < 1.29 is 9.53 Å². The van der Waals surface area contributed by atoms with Gasteiger partial charge in [-0.3, -0.25) is 9.36 Å². The van der Waals surface area contributed by atoms with Crippen LogP contribution in [0.5, 0.6) is 5.88 Å². The van der Waals surface area contributed by atoms with E-state index >= 15 is 0 Å². The summed E-state index contributed by atoms with van der Waals surface area (Å²) in [4.78, 5) is 18.2. The van der Waals surface area contributed by atoms with Crippen LogP contribution in [0.3, 0.4) is 0 Å². The third kappa shape index (κ3) is 4.28. The number of pyridine rings is 1. The van der Waals surface area contributed by atoms with E-state index in [9.17, 15) is 4.79 Å². The first-order valence-corrected chi connectivity index (χ1v) is 13.7. The number of carbonyl (C=O) groups excluding carboxylic acids is 1. The minimum atomic E-state index is -0.528. The summed E-state index contributed by atoms with van der Waals surface area (Å²) in [5.74, 6) is 2.33. The summed E-state index contributed by atoms with van der Waals surface area (Å²) in [6.45, 7) is 5.09. The first kappa shape index (κ1) is 24.3. The molecule has 0 radical (unpaired) electrons. The minimum absolute atomic E-state index is 0.00742. The maximum Gasteiger partial charge on any atom is 0.224 e. The fourth-order valence-corrected chi connectivity index (χ4v) is 7.44. The summed E-state index contributed by atoms with van der Waals surface area (Å²) in [6.07, 6.45) is 11.5. The largest absolute Gasteiger partial charge is 0.481 e. The lowest BCUT2D eigenvalue weighted by molar-refractivity contribution is -0.124. The standard InChI is InChI=1S/C27H29ClN6O2S/c1-15-32-33-21-14-30-24(19-6-4-5-9-27(19,2)28)23-18-10-17(11-20(18)37-26(23)34(15)21)25(35)31-13-16-7-8-22(36-3)29-12-16/h4-9,12,17,19,24,30H,10-11,13-14H2,1-3H3,(H,31,35)/t17-,19?,24-,27?/m0/s1. The predicted molar refractivity (Wildman–Crippen MR) is 143 cm³/mol. The molecular formula is C27H29ClN6O2S. The number of thiophene rings is 1. The third-order valence-electron chi connectivity index (χ3n) is 7.59. The lowest BCUT2D eigenvalue weighted by Gasteiger charge is -2.36. The Morgan fingerprint density at radius 3 is 2.95 bits per heavy atom. The number of aryl methyl sites for hydroxylation is 1. The van der Waals surface area contributed by atoms with E-state index < -0.39 is 4.87 Å². The van der Waals surface area contributed by atoms with Gasteiger partial charge in [0, 0.05) is 47.1 Å². The number of ether oxygens (including phenoxy) is 1. The Balaban J connectivity index is 1.29. The van der Waals surface area contributed by atoms with Crippen LogP contribution in [-0.2, 0) is 30.7 Å². The van der Waals surface area contributed by atoms with Crippen molar-refractivity contribution in [3.05, 3.63) is 75.8 Å². The molecule has 2 N–H and O–H groups in total. The van der Waals surface area contributed by atoms with Crippen LogP contribution in [0.2, 0.25) is 0 Å². The molecule has 37 heavy (non-hydrogen) atoms. The number of rotatable bonds is 5. The number of hydrogen-bond donors (Lipinski definition) is 2. The number of hydrogen-bond acceptors (Lipinski definition) is 7. The van der Waals surface area contributed by atoms with E-state index in [0.29, 0.717) is 25.4 Å². The number of nitrogens with one attached hydrogen (secondary N) is 2. The normalized spacial score (nSPS) is 25.8. The Morgan fingerprint density at radius 1 is 1.32 bits per heavy atom. The molecule has 3 aromatic heterocycles. The summed E-state index contributed by atoms with van der Waals surface area (Å²) >= 11 is 8.80. The molecule has 2 unspecified atom stereocenters. The Kier molecular flexibility index (Phi) is 6.17. The number of halogens is 1. The molecule has 0 fully saturated rings. The van der Waals surface area contributed by atoms with E-state index in [0.717, 1.165) is 28.6 Å². The second kappa shape index (κ2) is 9.38.